The maximum Gasteiger partial charge on any atom is 0.291 e. The molecule has 9 heteroatoms. The summed E-state index contributed by atoms with van der Waals surface area (Å²) in [5, 5.41) is 9.52. The van der Waals surface area contributed by atoms with Crippen LogP contribution in [0.5, 0.6) is 11.5 Å². The molecule has 0 aliphatic heterocycles. The average molecular weight is 426 g/mol. The van der Waals surface area contributed by atoms with Crippen LogP contribution in [0.25, 0.3) is 0 Å². The Kier molecular flexibility index (Phi) is 7.31. The fourth-order valence-electron chi connectivity index (χ4n) is 2.84. The molecule has 2 amide bonds. The zero-order chi connectivity index (χ0) is 22.2. The highest BCUT2D eigenvalue weighted by molar-refractivity contribution is 6.07. The quantitative estimate of drug-likeness (QED) is 0.515. The number of aryl methyl sites for hydroxylation is 1. The number of benzene rings is 1. The van der Waals surface area contributed by atoms with Crippen LogP contribution in [-0.2, 0) is 13.7 Å². The van der Waals surface area contributed by atoms with Crippen LogP contribution in [0.3, 0.4) is 0 Å². The number of nitrogens with zero attached hydrogens (tertiary/aromatic N) is 2. The molecule has 164 valence electrons. The number of aromatic nitrogens is 2. The average Bonchev–Trinajstić information content (AvgIpc) is 3.38. The van der Waals surface area contributed by atoms with Crippen molar-refractivity contribution in [2.24, 2.45) is 7.05 Å². The predicted octanol–water partition coefficient (Wildman–Crippen LogP) is 3.38. The Hall–Kier alpha value is -3.75. The molecule has 2 aromatic heterocycles. The van der Waals surface area contributed by atoms with Crippen molar-refractivity contribution in [3.8, 4) is 11.5 Å². The van der Waals surface area contributed by atoms with Gasteiger partial charge in [-0.1, -0.05) is 6.92 Å². The number of nitrogens with one attached hydrogen (secondary N) is 2. The number of ether oxygens (including phenoxy) is 2. The van der Waals surface area contributed by atoms with Gasteiger partial charge in [0.2, 0.25) is 0 Å². The van der Waals surface area contributed by atoms with Crippen molar-refractivity contribution in [3.63, 3.8) is 0 Å². The van der Waals surface area contributed by atoms with Gasteiger partial charge in [0.25, 0.3) is 11.8 Å². The van der Waals surface area contributed by atoms with Crippen LogP contribution in [0, 0.1) is 0 Å². The molecule has 0 fully saturated rings. The van der Waals surface area contributed by atoms with Crippen molar-refractivity contribution in [1.82, 2.24) is 15.1 Å². The smallest absolute Gasteiger partial charge is 0.291 e. The maximum absolute atomic E-state index is 12.6. The summed E-state index contributed by atoms with van der Waals surface area (Å²) in [6.45, 7) is 5.18. The number of anilines is 1. The lowest BCUT2D eigenvalue weighted by molar-refractivity contribution is 0.0945. The topological polar surface area (TPSA) is 108 Å². The van der Waals surface area contributed by atoms with Gasteiger partial charge in [-0.25, -0.2) is 0 Å². The van der Waals surface area contributed by atoms with E-state index >= 15 is 0 Å². The van der Waals surface area contributed by atoms with E-state index < -0.39 is 5.91 Å². The second kappa shape index (κ2) is 10.3. The molecular formula is C22H26N4O5. The van der Waals surface area contributed by atoms with Crippen LogP contribution in [0.1, 0.15) is 47.1 Å². The summed E-state index contributed by atoms with van der Waals surface area (Å²) in [4.78, 5) is 24.9. The second-order valence-corrected chi connectivity index (χ2v) is 6.70. The summed E-state index contributed by atoms with van der Waals surface area (Å²) in [7, 11) is 1.64. The van der Waals surface area contributed by atoms with Gasteiger partial charge in [-0.15, -0.1) is 0 Å². The van der Waals surface area contributed by atoms with Gasteiger partial charge in [0.15, 0.2) is 5.76 Å². The zero-order valence-corrected chi connectivity index (χ0v) is 17.8. The molecule has 0 atom stereocenters. The lowest BCUT2D eigenvalue weighted by atomic mass is 10.3. The molecule has 31 heavy (non-hydrogen) atoms. The largest absolute Gasteiger partial charge is 0.494 e. The molecule has 0 spiro atoms. The standard InChI is InChI=1S/C22H26N4O5/c1-4-12-23-22(28)20-18(13-24-26(20)3)25-21(27)19-11-10-17(31-19)14-30-16-8-6-15(7-9-16)29-5-2/h6-11,13H,4-5,12,14H2,1-3H3,(H,23,28)(H,25,27). The van der Waals surface area contributed by atoms with Gasteiger partial charge < -0.3 is 24.5 Å². The van der Waals surface area contributed by atoms with E-state index in [0.717, 1.165) is 12.2 Å². The summed E-state index contributed by atoms with van der Waals surface area (Å²) in [6, 6.07) is 10.5. The molecule has 2 heterocycles. The van der Waals surface area contributed by atoms with Crippen LogP contribution in [0.15, 0.2) is 47.0 Å². The first-order valence-corrected chi connectivity index (χ1v) is 10.1. The number of hydrogen-bond donors (Lipinski definition) is 2. The van der Waals surface area contributed by atoms with Crippen LogP contribution in [0.2, 0.25) is 0 Å². The van der Waals surface area contributed by atoms with E-state index in [1.165, 1.54) is 10.9 Å². The Bertz CT molecular complexity index is 1020. The number of carbonyl (C=O) groups is 2. The fourth-order valence-corrected chi connectivity index (χ4v) is 2.84. The molecule has 0 radical (unpaired) electrons. The zero-order valence-electron chi connectivity index (χ0n) is 17.8. The molecule has 0 aliphatic rings. The van der Waals surface area contributed by atoms with E-state index in [2.05, 4.69) is 15.7 Å². The van der Waals surface area contributed by atoms with E-state index in [9.17, 15) is 9.59 Å². The first-order valence-electron chi connectivity index (χ1n) is 10.1. The lowest BCUT2D eigenvalue weighted by Crippen LogP contribution is -2.27. The third-order valence-corrected chi connectivity index (χ3v) is 4.34. The molecule has 0 saturated carbocycles. The molecule has 0 saturated heterocycles. The van der Waals surface area contributed by atoms with Crippen molar-refractivity contribution in [3.05, 3.63) is 59.8 Å². The van der Waals surface area contributed by atoms with Gasteiger partial charge in [-0.05, 0) is 49.7 Å². The third kappa shape index (κ3) is 5.65. The Labute approximate surface area is 180 Å². The molecule has 0 aliphatic carbocycles. The van der Waals surface area contributed by atoms with Crippen LogP contribution in [-0.4, -0.2) is 34.7 Å². The number of amides is 2. The first-order chi connectivity index (χ1) is 15.0. The SMILES string of the molecule is CCCNC(=O)c1c(NC(=O)c2ccc(COc3ccc(OCC)cc3)o2)cnn1C. The van der Waals surface area contributed by atoms with Gasteiger partial charge in [0.1, 0.15) is 29.6 Å². The van der Waals surface area contributed by atoms with Gasteiger partial charge >= 0.3 is 0 Å². The number of rotatable bonds is 10. The van der Waals surface area contributed by atoms with E-state index in [1.54, 1.807) is 31.3 Å². The maximum atomic E-state index is 12.6. The van der Waals surface area contributed by atoms with Gasteiger partial charge in [0.05, 0.1) is 18.5 Å². The minimum atomic E-state index is -0.482. The van der Waals surface area contributed by atoms with Crippen molar-refractivity contribution >= 4 is 17.5 Å². The Morgan fingerprint density at radius 1 is 1.03 bits per heavy atom. The Morgan fingerprint density at radius 3 is 2.42 bits per heavy atom. The molecule has 1 aromatic carbocycles. The number of furan rings is 1. The molecular weight excluding hydrogens is 400 g/mol. The normalized spacial score (nSPS) is 10.5. The van der Waals surface area contributed by atoms with Crippen molar-refractivity contribution in [2.45, 2.75) is 26.9 Å². The molecule has 9 nitrogen and oxygen atoms in total. The molecule has 0 unspecified atom stereocenters. The Balaban J connectivity index is 1.60. The lowest BCUT2D eigenvalue weighted by Gasteiger charge is -2.08. The fraction of sp³-hybridized carbons (Fsp3) is 0.318. The second-order valence-electron chi connectivity index (χ2n) is 6.70. The van der Waals surface area contributed by atoms with Crippen LogP contribution < -0.4 is 20.1 Å². The van der Waals surface area contributed by atoms with E-state index in [0.29, 0.717) is 30.3 Å². The third-order valence-electron chi connectivity index (χ3n) is 4.34. The summed E-state index contributed by atoms with van der Waals surface area (Å²) >= 11 is 0. The minimum absolute atomic E-state index is 0.106. The molecule has 3 aromatic rings. The highest BCUT2D eigenvalue weighted by Crippen LogP contribution is 2.20. The van der Waals surface area contributed by atoms with Gasteiger partial charge in [-0.2, -0.15) is 5.10 Å². The van der Waals surface area contributed by atoms with Crippen molar-refractivity contribution in [2.75, 3.05) is 18.5 Å². The van der Waals surface area contributed by atoms with E-state index in [-0.39, 0.29) is 24.0 Å². The van der Waals surface area contributed by atoms with Crippen LogP contribution in [0.4, 0.5) is 5.69 Å². The van der Waals surface area contributed by atoms with E-state index in [1.807, 2.05) is 26.0 Å². The monoisotopic (exact) mass is 426 g/mol. The van der Waals surface area contributed by atoms with Crippen molar-refractivity contribution < 1.29 is 23.5 Å². The highest BCUT2D eigenvalue weighted by Gasteiger charge is 2.20. The number of carbonyl (C=O) groups excluding carboxylic acids is 2. The molecule has 2 N–H and O–H groups in total. The summed E-state index contributed by atoms with van der Waals surface area (Å²) < 4.78 is 18.1. The molecule has 3 rings (SSSR count). The minimum Gasteiger partial charge on any atom is -0.494 e. The van der Waals surface area contributed by atoms with Gasteiger partial charge in [-0.3, -0.25) is 14.3 Å². The summed E-state index contributed by atoms with van der Waals surface area (Å²) in [5.41, 5.74) is 0.581. The van der Waals surface area contributed by atoms with E-state index in [4.69, 9.17) is 13.9 Å². The predicted molar refractivity (Wildman–Crippen MR) is 114 cm³/mol. The first kappa shape index (κ1) is 21.9. The van der Waals surface area contributed by atoms with Crippen molar-refractivity contribution in [1.29, 1.82) is 0 Å². The Morgan fingerprint density at radius 2 is 1.74 bits per heavy atom. The summed E-state index contributed by atoms with van der Waals surface area (Å²) in [5.74, 6) is 1.24. The summed E-state index contributed by atoms with van der Waals surface area (Å²) in [6.07, 6.45) is 2.23. The van der Waals surface area contributed by atoms with Crippen LogP contribution >= 0.6 is 0 Å². The van der Waals surface area contributed by atoms with Gasteiger partial charge in [0, 0.05) is 13.6 Å². The highest BCUT2D eigenvalue weighted by atomic mass is 16.5. The molecule has 0 bridgehead atoms. The number of hydrogen-bond acceptors (Lipinski definition) is 6.